The van der Waals surface area contributed by atoms with Crippen molar-refractivity contribution >= 4 is 5.82 Å². The Morgan fingerprint density at radius 1 is 1.29 bits per heavy atom. The number of unbranched alkanes of at least 4 members (excludes halogenated alkanes) is 1. The monoisotopic (exact) mass is 289 g/mol. The maximum Gasteiger partial charge on any atom is 0.128 e. The van der Waals surface area contributed by atoms with Crippen molar-refractivity contribution in [2.75, 3.05) is 18.5 Å². The molecule has 1 saturated carbocycles. The average Bonchev–Trinajstić information content (AvgIpc) is 3.25. The minimum atomic E-state index is 0.0932. The van der Waals surface area contributed by atoms with Gasteiger partial charge in [0.1, 0.15) is 5.82 Å². The molecule has 1 aromatic rings. The summed E-state index contributed by atoms with van der Waals surface area (Å²) >= 11 is 0. The van der Waals surface area contributed by atoms with Gasteiger partial charge in [-0.1, -0.05) is 34.1 Å². The standard InChI is InChI=1S/C18H31N3/c1-6-7-10-21(5)17-12-14(13-19-15-8-9-15)11-16(20-17)18(2,3)4/h11-12,15,19H,6-10,13H2,1-5H3. The van der Waals surface area contributed by atoms with Crippen LogP contribution in [0.2, 0.25) is 0 Å². The normalized spacial score (nSPS) is 15.3. The van der Waals surface area contributed by atoms with Crippen LogP contribution in [-0.2, 0) is 12.0 Å². The highest BCUT2D eigenvalue weighted by Gasteiger charge is 2.22. The van der Waals surface area contributed by atoms with Gasteiger partial charge in [0.25, 0.3) is 0 Å². The molecule has 21 heavy (non-hydrogen) atoms. The lowest BCUT2D eigenvalue weighted by molar-refractivity contribution is 0.565. The third-order valence-corrected chi connectivity index (χ3v) is 4.05. The Kier molecular flexibility index (Phi) is 5.26. The quantitative estimate of drug-likeness (QED) is 0.826. The summed E-state index contributed by atoms with van der Waals surface area (Å²) in [5.74, 6) is 1.11. The third kappa shape index (κ3) is 4.99. The van der Waals surface area contributed by atoms with Gasteiger partial charge >= 0.3 is 0 Å². The number of pyridine rings is 1. The zero-order chi connectivity index (χ0) is 15.5. The van der Waals surface area contributed by atoms with Crippen LogP contribution in [0.25, 0.3) is 0 Å². The van der Waals surface area contributed by atoms with Crippen LogP contribution in [0, 0.1) is 0 Å². The Morgan fingerprint density at radius 2 is 2.00 bits per heavy atom. The summed E-state index contributed by atoms with van der Waals surface area (Å²) in [6.07, 6.45) is 5.11. The molecule has 0 aromatic carbocycles. The fourth-order valence-electron chi connectivity index (χ4n) is 2.31. The second-order valence-corrected chi connectivity index (χ2v) is 7.40. The summed E-state index contributed by atoms with van der Waals surface area (Å²) < 4.78 is 0. The first-order valence-electron chi connectivity index (χ1n) is 8.36. The van der Waals surface area contributed by atoms with Crippen LogP contribution in [0.3, 0.4) is 0 Å². The first-order valence-corrected chi connectivity index (χ1v) is 8.36. The van der Waals surface area contributed by atoms with E-state index in [2.05, 4.69) is 57.1 Å². The number of hydrogen-bond donors (Lipinski definition) is 1. The summed E-state index contributed by atoms with van der Waals surface area (Å²) in [5.41, 5.74) is 2.65. The molecule has 1 heterocycles. The lowest BCUT2D eigenvalue weighted by atomic mass is 9.90. The first-order chi connectivity index (χ1) is 9.90. The van der Waals surface area contributed by atoms with E-state index in [0.717, 1.165) is 24.9 Å². The summed E-state index contributed by atoms with van der Waals surface area (Å²) in [5, 5.41) is 3.61. The molecule has 1 aliphatic rings. The molecule has 0 spiro atoms. The summed E-state index contributed by atoms with van der Waals surface area (Å²) in [6, 6.07) is 5.27. The van der Waals surface area contributed by atoms with Gasteiger partial charge < -0.3 is 10.2 Å². The molecule has 1 aromatic heterocycles. The van der Waals surface area contributed by atoms with E-state index in [4.69, 9.17) is 4.98 Å². The van der Waals surface area contributed by atoms with Gasteiger partial charge in [-0.05, 0) is 37.0 Å². The molecule has 118 valence electrons. The molecule has 0 radical (unpaired) electrons. The maximum absolute atomic E-state index is 4.90. The Labute approximate surface area is 130 Å². The second-order valence-electron chi connectivity index (χ2n) is 7.40. The molecule has 1 aliphatic carbocycles. The third-order valence-electron chi connectivity index (χ3n) is 4.05. The number of nitrogens with zero attached hydrogens (tertiary/aromatic N) is 2. The predicted octanol–water partition coefficient (Wildman–Crippen LogP) is 3.87. The van der Waals surface area contributed by atoms with Crippen molar-refractivity contribution in [3.8, 4) is 0 Å². The molecule has 0 saturated heterocycles. The van der Waals surface area contributed by atoms with E-state index >= 15 is 0 Å². The predicted molar refractivity (Wildman–Crippen MR) is 91.0 cm³/mol. The van der Waals surface area contributed by atoms with Crippen molar-refractivity contribution in [1.82, 2.24) is 10.3 Å². The fourth-order valence-corrected chi connectivity index (χ4v) is 2.31. The zero-order valence-corrected chi connectivity index (χ0v) is 14.4. The van der Waals surface area contributed by atoms with E-state index in [0.29, 0.717) is 0 Å². The van der Waals surface area contributed by atoms with E-state index in [1.165, 1.54) is 36.9 Å². The summed E-state index contributed by atoms with van der Waals surface area (Å²) in [6.45, 7) is 11.0. The van der Waals surface area contributed by atoms with Crippen molar-refractivity contribution in [1.29, 1.82) is 0 Å². The number of anilines is 1. The highest BCUT2D eigenvalue weighted by atomic mass is 15.2. The SMILES string of the molecule is CCCCN(C)c1cc(CNC2CC2)cc(C(C)(C)C)n1. The number of rotatable bonds is 7. The van der Waals surface area contributed by atoms with Gasteiger partial charge in [0.15, 0.2) is 0 Å². The molecule has 0 aliphatic heterocycles. The lowest BCUT2D eigenvalue weighted by Crippen LogP contribution is -2.24. The van der Waals surface area contributed by atoms with Gasteiger partial charge in [-0.15, -0.1) is 0 Å². The van der Waals surface area contributed by atoms with Crippen molar-refractivity contribution in [2.24, 2.45) is 0 Å². The van der Waals surface area contributed by atoms with E-state index in [9.17, 15) is 0 Å². The van der Waals surface area contributed by atoms with Crippen LogP contribution in [-0.4, -0.2) is 24.6 Å². The van der Waals surface area contributed by atoms with Crippen LogP contribution in [0.4, 0.5) is 5.82 Å². The maximum atomic E-state index is 4.90. The molecular weight excluding hydrogens is 258 g/mol. The molecule has 0 atom stereocenters. The minimum absolute atomic E-state index is 0.0932. The highest BCUT2D eigenvalue weighted by molar-refractivity contribution is 5.43. The van der Waals surface area contributed by atoms with Crippen LogP contribution < -0.4 is 10.2 Å². The van der Waals surface area contributed by atoms with Crippen molar-refractivity contribution in [2.45, 2.75) is 71.4 Å². The molecule has 0 bridgehead atoms. The van der Waals surface area contributed by atoms with Gasteiger partial charge in [0.05, 0.1) is 0 Å². The van der Waals surface area contributed by atoms with Gasteiger partial charge in [-0.25, -0.2) is 4.98 Å². The summed E-state index contributed by atoms with van der Waals surface area (Å²) in [4.78, 5) is 7.19. The van der Waals surface area contributed by atoms with Crippen molar-refractivity contribution in [3.63, 3.8) is 0 Å². The van der Waals surface area contributed by atoms with Crippen LogP contribution >= 0.6 is 0 Å². The van der Waals surface area contributed by atoms with E-state index < -0.39 is 0 Å². The van der Waals surface area contributed by atoms with Crippen LogP contribution in [0.15, 0.2) is 12.1 Å². The zero-order valence-electron chi connectivity index (χ0n) is 14.4. The van der Waals surface area contributed by atoms with Crippen molar-refractivity contribution < 1.29 is 0 Å². The molecule has 0 unspecified atom stereocenters. The number of aromatic nitrogens is 1. The highest BCUT2D eigenvalue weighted by Crippen LogP contribution is 2.26. The first kappa shape index (κ1) is 16.3. The topological polar surface area (TPSA) is 28.2 Å². The minimum Gasteiger partial charge on any atom is -0.360 e. The largest absolute Gasteiger partial charge is 0.360 e. The van der Waals surface area contributed by atoms with Gasteiger partial charge in [0, 0.05) is 37.3 Å². The molecule has 3 nitrogen and oxygen atoms in total. The van der Waals surface area contributed by atoms with E-state index in [1.54, 1.807) is 0 Å². The molecule has 0 amide bonds. The Morgan fingerprint density at radius 3 is 2.57 bits per heavy atom. The molecule has 2 rings (SSSR count). The Hall–Kier alpha value is -1.09. The fraction of sp³-hybridized carbons (Fsp3) is 0.722. The van der Waals surface area contributed by atoms with E-state index in [1.807, 2.05) is 0 Å². The van der Waals surface area contributed by atoms with Crippen LogP contribution in [0.5, 0.6) is 0 Å². The molecule has 3 heteroatoms. The van der Waals surface area contributed by atoms with Gasteiger partial charge in [0.2, 0.25) is 0 Å². The average molecular weight is 289 g/mol. The lowest BCUT2D eigenvalue weighted by Gasteiger charge is -2.24. The van der Waals surface area contributed by atoms with Gasteiger partial charge in [-0.2, -0.15) is 0 Å². The summed E-state index contributed by atoms with van der Waals surface area (Å²) in [7, 11) is 2.16. The molecule has 1 N–H and O–H groups in total. The molecular formula is C18H31N3. The Bertz CT molecular complexity index is 458. The number of nitrogens with one attached hydrogen (secondary N) is 1. The molecule has 1 fully saturated rings. The Balaban J connectivity index is 2.18. The number of hydrogen-bond acceptors (Lipinski definition) is 3. The van der Waals surface area contributed by atoms with Crippen molar-refractivity contribution in [3.05, 3.63) is 23.4 Å². The smallest absolute Gasteiger partial charge is 0.128 e. The second kappa shape index (κ2) is 6.78. The van der Waals surface area contributed by atoms with Gasteiger partial charge in [-0.3, -0.25) is 0 Å². The van der Waals surface area contributed by atoms with Crippen LogP contribution in [0.1, 0.15) is 64.6 Å². The van der Waals surface area contributed by atoms with E-state index in [-0.39, 0.29) is 5.41 Å².